The van der Waals surface area contributed by atoms with Gasteiger partial charge in [0.1, 0.15) is 11.4 Å². The quantitative estimate of drug-likeness (QED) is 0.721. The Bertz CT molecular complexity index is 453. The summed E-state index contributed by atoms with van der Waals surface area (Å²) in [6, 6.07) is 3.69. The van der Waals surface area contributed by atoms with E-state index in [2.05, 4.69) is 10.3 Å². The van der Waals surface area contributed by atoms with Crippen molar-refractivity contribution in [3.05, 3.63) is 12.1 Å². The first-order chi connectivity index (χ1) is 9.94. The minimum atomic E-state index is -0.309. The molecule has 1 saturated carbocycles. The van der Waals surface area contributed by atoms with Gasteiger partial charge >= 0.3 is 0 Å². The molecule has 0 atom stereocenters. The van der Waals surface area contributed by atoms with Crippen LogP contribution in [0.5, 0.6) is 5.88 Å². The lowest BCUT2D eigenvalue weighted by molar-refractivity contribution is 0.124. The van der Waals surface area contributed by atoms with E-state index in [0.717, 1.165) is 37.9 Å². The molecule has 0 aliphatic heterocycles. The number of ether oxygens (including phenoxy) is 2. The molecular weight excluding hydrogens is 266 g/mol. The molecule has 0 radical (unpaired) electrons. The molecule has 1 aliphatic carbocycles. The molecule has 118 valence electrons. The molecule has 0 bridgehead atoms. The van der Waals surface area contributed by atoms with Crippen LogP contribution in [0.25, 0.3) is 0 Å². The molecule has 2 rings (SSSR count). The van der Waals surface area contributed by atoms with Gasteiger partial charge in [-0.15, -0.1) is 0 Å². The largest absolute Gasteiger partial charge is 0.470 e. The summed E-state index contributed by atoms with van der Waals surface area (Å²) < 4.78 is 11.3. The number of hydrogen-bond acceptors (Lipinski definition) is 5. The molecule has 1 heterocycles. The second-order valence-corrected chi connectivity index (χ2v) is 6.60. The van der Waals surface area contributed by atoms with Crippen LogP contribution in [0, 0.1) is 5.92 Å². The molecular formula is C16H27N3O2. The van der Waals surface area contributed by atoms with Crippen LogP contribution < -0.4 is 15.8 Å². The third-order valence-corrected chi connectivity index (χ3v) is 3.11. The third kappa shape index (κ3) is 6.21. The van der Waals surface area contributed by atoms with Gasteiger partial charge < -0.3 is 20.5 Å². The number of nitrogens with one attached hydrogen (secondary N) is 1. The van der Waals surface area contributed by atoms with Gasteiger partial charge in [0.15, 0.2) is 0 Å². The van der Waals surface area contributed by atoms with E-state index in [9.17, 15) is 0 Å². The number of rotatable bonds is 8. The first-order valence-corrected chi connectivity index (χ1v) is 7.71. The Morgan fingerprint density at radius 1 is 1.33 bits per heavy atom. The van der Waals surface area contributed by atoms with Crippen LogP contribution in [-0.2, 0) is 4.74 Å². The molecule has 0 spiro atoms. The smallest absolute Gasteiger partial charge is 0.239 e. The molecule has 1 aliphatic rings. The van der Waals surface area contributed by atoms with Crippen LogP contribution in [0.3, 0.4) is 0 Å². The minimum absolute atomic E-state index is 0.309. The lowest BCUT2D eigenvalue weighted by atomic mass is 10.2. The van der Waals surface area contributed by atoms with E-state index in [1.807, 2.05) is 32.9 Å². The Kier molecular flexibility index (Phi) is 5.28. The number of anilines is 2. The Morgan fingerprint density at radius 2 is 2.10 bits per heavy atom. The summed E-state index contributed by atoms with van der Waals surface area (Å²) in [5, 5.41) is 3.28. The van der Waals surface area contributed by atoms with Gasteiger partial charge in [-0.05, 0) is 58.1 Å². The zero-order chi connectivity index (χ0) is 15.3. The Labute approximate surface area is 127 Å². The average molecular weight is 293 g/mol. The molecule has 1 aromatic rings. The molecule has 1 aromatic heterocycles. The highest BCUT2D eigenvalue weighted by Gasteiger charge is 2.20. The highest BCUT2D eigenvalue weighted by atomic mass is 16.5. The van der Waals surface area contributed by atoms with E-state index in [1.165, 1.54) is 12.8 Å². The van der Waals surface area contributed by atoms with Crippen molar-refractivity contribution >= 4 is 11.5 Å². The first-order valence-electron chi connectivity index (χ1n) is 7.71. The van der Waals surface area contributed by atoms with Gasteiger partial charge in [0.2, 0.25) is 5.88 Å². The van der Waals surface area contributed by atoms with Crippen molar-refractivity contribution in [2.24, 2.45) is 5.92 Å². The van der Waals surface area contributed by atoms with Crippen LogP contribution in [0.1, 0.15) is 40.0 Å². The Balaban J connectivity index is 1.73. The number of nitrogens with zero attached hydrogens (tertiary/aromatic N) is 1. The summed E-state index contributed by atoms with van der Waals surface area (Å²) in [5.74, 6) is 2.09. The molecule has 0 amide bonds. The number of hydrogen-bond donors (Lipinski definition) is 2. The molecule has 21 heavy (non-hydrogen) atoms. The molecule has 5 heteroatoms. The molecule has 0 aromatic carbocycles. The summed E-state index contributed by atoms with van der Waals surface area (Å²) in [6.45, 7) is 8.48. The standard InChI is InChI=1S/C16H27N3O2/c1-16(2,3)21-15-13(17)7-8-14(19-15)18-9-4-10-20-11-12-5-6-12/h7-8,12H,4-6,9-11,17H2,1-3H3,(H,18,19). The van der Waals surface area contributed by atoms with Gasteiger partial charge in [-0.25, -0.2) is 0 Å². The Hall–Kier alpha value is -1.49. The van der Waals surface area contributed by atoms with Gasteiger partial charge in [0, 0.05) is 19.8 Å². The van der Waals surface area contributed by atoms with Crippen molar-refractivity contribution in [1.29, 1.82) is 0 Å². The second-order valence-electron chi connectivity index (χ2n) is 6.60. The van der Waals surface area contributed by atoms with Crippen LogP contribution in [0.4, 0.5) is 11.5 Å². The second kappa shape index (κ2) is 6.98. The summed E-state index contributed by atoms with van der Waals surface area (Å²) in [5.41, 5.74) is 6.14. The van der Waals surface area contributed by atoms with Crippen molar-refractivity contribution in [1.82, 2.24) is 4.98 Å². The number of aromatic nitrogens is 1. The number of pyridine rings is 1. The number of nitrogen functional groups attached to an aromatic ring is 1. The van der Waals surface area contributed by atoms with Crippen molar-refractivity contribution < 1.29 is 9.47 Å². The average Bonchev–Trinajstić information content (AvgIpc) is 3.19. The molecule has 0 saturated heterocycles. The maximum Gasteiger partial charge on any atom is 0.239 e. The topological polar surface area (TPSA) is 69.4 Å². The van der Waals surface area contributed by atoms with E-state index in [4.69, 9.17) is 15.2 Å². The lowest BCUT2D eigenvalue weighted by Crippen LogP contribution is -2.24. The van der Waals surface area contributed by atoms with Crippen molar-refractivity contribution in [2.45, 2.75) is 45.6 Å². The maximum absolute atomic E-state index is 5.89. The maximum atomic E-state index is 5.89. The van der Waals surface area contributed by atoms with Gasteiger partial charge in [-0.3, -0.25) is 0 Å². The zero-order valence-electron chi connectivity index (χ0n) is 13.3. The van der Waals surface area contributed by atoms with Gasteiger partial charge in [-0.1, -0.05) is 0 Å². The SMILES string of the molecule is CC(C)(C)Oc1nc(NCCCOCC2CC2)ccc1N. The summed E-state index contributed by atoms with van der Waals surface area (Å²) in [7, 11) is 0. The predicted octanol–water partition coefficient (Wildman–Crippen LogP) is 3.07. The normalized spacial score (nSPS) is 15.0. The fraction of sp³-hybridized carbons (Fsp3) is 0.688. The van der Waals surface area contributed by atoms with E-state index in [-0.39, 0.29) is 5.60 Å². The third-order valence-electron chi connectivity index (χ3n) is 3.11. The zero-order valence-corrected chi connectivity index (χ0v) is 13.3. The van der Waals surface area contributed by atoms with Gasteiger partial charge in [-0.2, -0.15) is 4.98 Å². The Morgan fingerprint density at radius 3 is 2.76 bits per heavy atom. The highest BCUT2D eigenvalue weighted by Crippen LogP contribution is 2.28. The van der Waals surface area contributed by atoms with Crippen LogP contribution in [-0.4, -0.2) is 30.3 Å². The van der Waals surface area contributed by atoms with Crippen LogP contribution >= 0.6 is 0 Å². The van der Waals surface area contributed by atoms with E-state index >= 15 is 0 Å². The highest BCUT2D eigenvalue weighted by molar-refractivity contribution is 5.53. The van der Waals surface area contributed by atoms with Gasteiger partial charge in [0.25, 0.3) is 0 Å². The monoisotopic (exact) mass is 293 g/mol. The van der Waals surface area contributed by atoms with E-state index < -0.39 is 0 Å². The summed E-state index contributed by atoms with van der Waals surface area (Å²) in [4.78, 5) is 4.41. The van der Waals surface area contributed by atoms with E-state index in [0.29, 0.717) is 11.6 Å². The molecule has 5 nitrogen and oxygen atoms in total. The molecule has 3 N–H and O–H groups in total. The van der Waals surface area contributed by atoms with Gasteiger partial charge in [0.05, 0.1) is 5.69 Å². The van der Waals surface area contributed by atoms with Crippen molar-refractivity contribution in [2.75, 3.05) is 30.8 Å². The molecule has 1 fully saturated rings. The molecule has 0 unspecified atom stereocenters. The van der Waals surface area contributed by atoms with Crippen LogP contribution in [0.15, 0.2) is 12.1 Å². The lowest BCUT2D eigenvalue weighted by Gasteiger charge is -2.21. The van der Waals surface area contributed by atoms with Crippen LogP contribution in [0.2, 0.25) is 0 Å². The van der Waals surface area contributed by atoms with Crippen molar-refractivity contribution in [3.8, 4) is 5.88 Å². The fourth-order valence-electron chi connectivity index (χ4n) is 1.85. The fourth-order valence-corrected chi connectivity index (χ4v) is 1.85. The summed E-state index contributed by atoms with van der Waals surface area (Å²) >= 11 is 0. The summed E-state index contributed by atoms with van der Waals surface area (Å²) in [6.07, 6.45) is 3.64. The van der Waals surface area contributed by atoms with Crippen molar-refractivity contribution in [3.63, 3.8) is 0 Å². The van der Waals surface area contributed by atoms with E-state index in [1.54, 1.807) is 0 Å². The first kappa shape index (κ1) is 15.9. The predicted molar refractivity (Wildman–Crippen MR) is 85.7 cm³/mol. The minimum Gasteiger partial charge on any atom is -0.470 e. The number of nitrogens with two attached hydrogens (primary N) is 1.